The van der Waals surface area contributed by atoms with E-state index in [0.717, 1.165) is 22.3 Å². The van der Waals surface area contributed by atoms with Crippen molar-refractivity contribution in [3.05, 3.63) is 59.7 Å². The number of aliphatic carboxylic acids is 1. The summed E-state index contributed by atoms with van der Waals surface area (Å²) in [4.78, 5) is 36.5. The molecule has 0 bridgehead atoms. The van der Waals surface area contributed by atoms with Gasteiger partial charge >= 0.3 is 12.1 Å². The number of carboxylic acid groups (broad SMARTS) is 1. The van der Waals surface area contributed by atoms with Crippen LogP contribution in [0.2, 0.25) is 0 Å². The molecule has 0 aromatic heterocycles. The average molecular weight is 487 g/mol. The summed E-state index contributed by atoms with van der Waals surface area (Å²) in [5.41, 5.74) is 4.13. The Labute approximate surface area is 201 Å². The molecule has 35 heavy (non-hydrogen) atoms. The lowest BCUT2D eigenvalue weighted by atomic mass is 9.85. The molecule has 0 spiro atoms. The summed E-state index contributed by atoms with van der Waals surface area (Å²) >= 11 is 0. The zero-order valence-corrected chi connectivity index (χ0v) is 19.1. The second-order valence-electron chi connectivity index (χ2n) is 9.06. The highest BCUT2D eigenvalue weighted by Crippen LogP contribution is 2.44. The highest BCUT2D eigenvalue weighted by atomic mass is 19.3. The summed E-state index contributed by atoms with van der Waals surface area (Å²) < 4.78 is 31.7. The van der Waals surface area contributed by atoms with E-state index >= 15 is 0 Å². The molecule has 3 atom stereocenters. The predicted octanol–water partition coefficient (Wildman–Crippen LogP) is 4.31. The van der Waals surface area contributed by atoms with Gasteiger partial charge in [-0.3, -0.25) is 9.59 Å². The smallest absolute Gasteiger partial charge is 0.407 e. The van der Waals surface area contributed by atoms with Gasteiger partial charge in [-0.05, 0) is 41.5 Å². The number of hydrogen-bond acceptors (Lipinski definition) is 4. The molecule has 3 N–H and O–H groups in total. The van der Waals surface area contributed by atoms with E-state index in [2.05, 4.69) is 10.6 Å². The third-order valence-corrected chi connectivity index (χ3v) is 6.74. The van der Waals surface area contributed by atoms with Gasteiger partial charge < -0.3 is 20.5 Å². The third kappa shape index (κ3) is 5.78. The minimum absolute atomic E-state index is 0.00814. The highest BCUT2D eigenvalue weighted by molar-refractivity contribution is 5.86. The molecule has 4 rings (SSSR count). The van der Waals surface area contributed by atoms with Gasteiger partial charge in [0.25, 0.3) is 0 Å². The number of carbonyl (C=O) groups excluding carboxylic acids is 2. The average Bonchev–Trinajstić information content (AvgIpc) is 3.16. The van der Waals surface area contributed by atoms with Crippen LogP contribution in [0.3, 0.4) is 0 Å². The van der Waals surface area contributed by atoms with Crippen molar-refractivity contribution in [3.8, 4) is 11.1 Å². The molecule has 0 aliphatic heterocycles. The SMILES string of the molecule is O=C(NC(CC(F)F)C(=O)NC1CCCC(C(=O)O)C1)OCC1c2ccccc2-c2ccccc21. The van der Waals surface area contributed by atoms with E-state index in [0.29, 0.717) is 19.3 Å². The number of alkyl carbamates (subject to hydrolysis) is 1. The lowest BCUT2D eigenvalue weighted by Crippen LogP contribution is -2.51. The number of alkyl halides is 2. The molecule has 186 valence electrons. The topological polar surface area (TPSA) is 105 Å². The van der Waals surface area contributed by atoms with Crippen LogP contribution in [0.1, 0.15) is 49.1 Å². The van der Waals surface area contributed by atoms with Gasteiger partial charge in [0.1, 0.15) is 12.6 Å². The standard InChI is InChI=1S/C26H28F2N2O5/c27-23(28)13-22(24(31)29-16-7-5-6-15(12-16)25(32)33)30-26(34)35-14-21-19-10-3-1-8-17(19)18-9-2-4-11-20(18)21/h1-4,8-11,15-16,21-23H,5-7,12-14H2,(H,29,31)(H,30,34)(H,32,33). The molecule has 2 amide bonds. The van der Waals surface area contributed by atoms with E-state index in [1.54, 1.807) is 0 Å². The van der Waals surface area contributed by atoms with Crippen LogP contribution in [0.15, 0.2) is 48.5 Å². The molecule has 7 nitrogen and oxygen atoms in total. The van der Waals surface area contributed by atoms with Crippen molar-refractivity contribution in [2.45, 2.75) is 56.5 Å². The fourth-order valence-corrected chi connectivity index (χ4v) is 5.04. The summed E-state index contributed by atoms with van der Waals surface area (Å²) in [5, 5.41) is 14.1. The van der Waals surface area contributed by atoms with Crippen molar-refractivity contribution in [1.29, 1.82) is 0 Å². The third-order valence-electron chi connectivity index (χ3n) is 6.74. The van der Waals surface area contributed by atoms with Crippen LogP contribution in [-0.4, -0.2) is 48.2 Å². The molecule has 1 fully saturated rings. The fourth-order valence-electron chi connectivity index (χ4n) is 5.04. The van der Waals surface area contributed by atoms with Crippen LogP contribution in [0.25, 0.3) is 11.1 Å². The number of benzene rings is 2. The summed E-state index contributed by atoms with van der Waals surface area (Å²) in [6.07, 6.45) is -2.74. The minimum atomic E-state index is -2.82. The van der Waals surface area contributed by atoms with E-state index in [1.807, 2.05) is 48.5 Å². The maximum atomic E-state index is 13.2. The lowest BCUT2D eigenvalue weighted by molar-refractivity contribution is -0.143. The number of fused-ring (bicyclic) bond motifs is 3. The summed E-state index contributed by atoms with van der Waals surface area (Å²) in [5.74, 6) is -2.50. The molecule has 2 aromatic carbocycles. The van der Waals surface area contributed by atoms with Gasteiger partial charge in [-0.25, -0.2) is 13.6 Å². The summed E-state index contributed by atoms with van der Waals surface area (Å²) in [6.45, 7) is -0.00814. The van der Waals surface area contributed by atoms with Gasteiger partial charge in [-0.2, -0.15) is 0 Å². The molecular weight excluding hydrogens is 458 g/mol. The van der Waals surface area contributed by atoms with E-state index in [9.17, 15) is 28.3 Å². The van der Waals surface area contributed by atoms with Gasteiger partial charge in [0.15, 0.2) is 0 Å². The number of hydrogen-bond donors (Lipinski definition) is 3. The Morgan fingerprint density at radius 2 is 1.63 bits per heavy atom. The first-order valence-electron chi connectivity index (χ1n) is 11.8. The van der Waals surface area contributed by atoms with Crippen LogP contribution in [0.4, 0.5) is 13.6 Å². The Morgan fingerprint density at radius 1 is 1.00 bits per heavy atom. The first-order chi connectivity index (χ1) is 16.8. The fraction of sp³-hybridized carbons (Fsp3) is 0.423. The van der Waals surface area contributed by atoms with Gasteiger partial charge in [0.05, 0.1) is 5.92 Å². The van der Waals surface area contributed by atoms with Crippen molar-refractivity contribution in [2.24, 2.45) is 5.92 Å². The maximum absolute atomic E-state index is 13.2. The first kappa shape index (κ1) is 24.6. The Bertz CT molecular complexity index is 1050. The van der Waals surface area contributed by atoms with Crippen molar-refractivity contribution < 1.29 is 33.0 Å². The molecule has 9 heteroatoms. The van der Waals surface area contributed by atoms with Gasteiger partial charge in [0.2, 0.25) is 12.3 Å². The molecule has 3 unspecified atom stereocenters. The zero-order chi connectivity index (χ0) is 24.9. The zero-order valence-electron chi connectivity index (χ0n) is 19.1. The Morgan fingerprint density at radius 3 is 2.23 bits per heavy atom. The molecule has 1 saturated carbocycles. The molecule has 2 aromatic rings. The summed E-state index contributed by atoms with van der Waals surface area (Å²) in [7, 11) is 0. The highest BCUT2D eigenvalue weighted by Gasteiger charge is 2.33. The number of carbonyl (C=O) groups is 3. The minimum Gasteiger partial charge on any atom is -0.481 e. The maximum Gasteiger partial charge on any atom is 0.407 e. The van der Waals surface area contributed by atoms with Crippen molar-refractivity contribution in [3.63, 3.8) is 0 Å². The van der Waals surface area contributed by atoms with Crippen LogP contribution in [0.5, 0.6) is 0 Å². The molecule has 0 heterocycles. The first-order valence-corrected chi connectivity index (χ1v) is 11.8. The number of ether oxygens (including phenoxy) is 1. The molecule has 2 aliphatic carbocycles. The number of amides is 2. The lowest BCUT2D eigenvalue weighted by Gasteiger charge is -2.29. The van der Waals surface area contributed by atoms with Crippen LogP contribution in [0, 0.1) is 5.92 Å². The van der Waals surface area contributed by atoms with Crippen molar-refractivity contribution in [1.82, 2.24) is 10.6 Å². The van der Waals surface area contributed by atoms with E-state index in [4.69, 9.17) is 4.74 Å². The largest absolute Gasteiger partial charge is 0.481 e. The quantitative estimate of drug-likeness (QED) is 0.516. The van der Waals surface area contributed by atoms with Crippen LogP contribution >= 0.6 is 0 Å². The van der Waals surface area contributed by atoms with Crippen molar-refractivity contribution >= 4 is 18.0 Å². The Balaban J connectivity index is 1.38. The second kappa shape index (κ2) is 10.8. The van der Waals surface area contributed by atoms with E-state index in [-0.39, 0.29) is 18.9 Å². The monoisotopic (exact) mass is 486 g/mol. The van der Waals surface area contributed by atoms with Crippen LogP contribution < -0.4 is 10.6 Å². The molecule has 0 radical (unpaired) electrons. The summed E-state index contributed by atoms with van der Waals surface area (Å²) in [6, 6.07) is 13.7. The number of halogens is 2. The van der Waals surface area contributed by atoms with Gasteiger partial charge in [-0.1, -0.05) is 55.0 Å². The number of carboxylic acids is 1. The molecular formula is C26H28F2N2O5. The number of nitrogens with one attached hydrogen (secondary N) is 2. The van der Waals surface area contributed by atoms with Crippen molar-refractivity contribution in [2.75, 3.05) is 6.61 Å². The number of rotatable bonds is 8. The Hall–Kier alpha value is -3.49. The van der Waals surface area contributed by atoms with Crippen LogP contribution in [-0.2, 0) is 14.3 Å². The Kier molecular flexibility index (Phi) is 7.63. The molecule has 0 saturated heterocycles. The van der Waals surface area contributed by atoms with Gasteiger partial charge in [-0.15, -0.1) is 0 Å². The predicted molar refractivity (Wildman–Crippen MR) is 124 cm³/mol. The van der Waals surface area contributed by atoms with Gasteiger partial charge in [0, 0.05) is 18.4 Å². The second-order valence-corrected chi connectivity index (χ2v) is 9.06. The van der Waals surface area contributed by atoms with E-state index in [1.165, 1.54) is 0 Å². The molecule has 2 aliphatic rings. The normalized spacial score (nSPS) is 20.0. The van der Waals surface area contributed by atoms with E-state index < -0.39 is 48.8 Å².